The molecular formula is C23H22N6O4. The largest absolute Gasteiger partial charge is 0.497 e. The summed E-state index contributed by atoms with van der Waals surface area (Å²) in [4.78, 5) is 9.17. The Morgan fingerprint density at radius 3 is 2.48 bits per heavy atom. The predicted molar refractivity (Wildman–Crippen MR) is 123 cm³/mol. The molecule has 168 valence electrons. The SMILES string of the molecule is COc1cc(Nc2ncccc2-c2nc(Nc3ccc4c(c3)OCO4)n(C)n2)cc(OC)c1. The summed E-state index contributed by atoms with van der Waals surface area (Å²) in [6.45, 7) is 0.225. The average molecular weight is 446 g/mol. The van der Waals surface area contributed by atoms with E-state index in [9.17, 15) is 0 Å². The molecule has 0 unspecified atom stereocenters. The minimum Gasteiger partial charge on any atom is -0.497 e. The molecule has 0 radical (unpaired) electrons. The number of pyridine rings is 1. The molecule has 2 N–H and O–H groups in total. The van der Waals surface area contributed by atoms with Crippen molar-refractivity contribution >= 4 is 23.1 Å². The summed E-state index contributed by atoms with van der Waals surface area (Å²) in [7, 11) is 5.04. The van der Waals surface area contributed by atoms with Crippen molar-refractivity contribution in [3.05, 3.63) is 54.7 Å². The van der Waals surface area contributed by atoms with E-state index in [1.54, 1.807) is 31.2 Å². The highest BCUT2D eigenvalue weighted by atomic mass is 16.7. The second-order valence-corrected chi connectivity index (χ2v) is 7.20. The highest BCUT2D eigenvalue weighted by Crippen LogP contribution is 2.35. The Morgan fingerprint density at radius 1 is 0.909 bits per heavy atom. The first-order valence-corrected chi connectivity index (χ1v) is 10.2. The Labute approximate surface area is 190 Å². The van der Waals surface area contributed by atoms with Gasteiger partial charge in [-0.25, -0.2) is 9.67 Å². The van der Waals surface area contributed by atoms with Gasteiger partial charge in [0.15, 0.2) is 17.3 Å². The minimum absolute atomic E-state index is 0.225. The van der Waals surface area contributed by atoms with Gasteiger partial charge in [-0.15, -0.1) is 5.10 Å². The minimum atomic E-state index is 0.225. The lowest BCUT2D eigenvalue weighted by atomic mass is 10.2. The van der Waals surface area contributed by atoms with Gasteiger partial charge in [0, 0.05) is 48.9 Å². The molecule has 10 nitrogen and oxygen atoms in total. The Hall–Kier alpha value is -4.47. The van der Waals surface area contributed by atoms with E-state index in [0.29, 0.717) is 34.8 Å². The molecule has 3 heterocycles. The molecule has 5 rings (SSSR count). The van der Waals surface area contributed by atoms with Crippen LogP contribution in [0.25, 0.3) is 11.4 Å². The zero-order chi connectivity index (χ0) is 22.8. The van der Waals surface area contributed by atoms with E-state index in [-0.39, 0.29) is 6.79 Å². The van der Waals surface area contributed by atoms with Gasteiger partial charge < -0.3 is 29.6 Å². The van der Waals surface area contributed by atoms with Crippen molar-refractivity contribution in [3.8, 4) is 34.4 Å². The standard InChI is InChI=1S/C23H22N6O4/c1-29-23(26-14-6-7-19-20(11-14)33-13-32-19)27-22(28-29)18-5-4-8-24-21(18)25-15-9-16(30-2)12-17(10-15)31-3/h4-12H,13H2,1-3H3,(H,24,25)(H,26,27,28). The van der Waals surface area contributed by atoms with Gasteiger partial charge in [0.05, 0.1) is 19.8 Å². The van der Waals surface area contributed by atoms with Crippen LogP contribution in [0.1, 0.15) is 0 Å². The first kappa shape index (κ1) is 20.4. The zero-order valence-corrected chi connectivity index (χ0v) is 18.3. The third-order valence-corrected chi connectivity index (χ3v) is 5.05. The Kier molecular flexibility index (Phi) is 5.31. The fraction of sp³-hybridized carbons (Fsp3) is 0.174. The van der Waals surface area contributed by atoms with Crippen molar-refractivity contribution < 1.29 is 18.9 Å². The lowest BCUT2D eigenvalue weighted by Gasteiger charge is -2.12. The number of ether oxygens (including phenoxy) is 4. The number of benzene rings is 2. The molecule has 0 atom stereocenters. The van der Waals surface area contributed by atoms with E-state index < -0.39 is 0 Å². The highest BCUT2D eigenvalue weighted by Gasteiger charge is 2.17. The van der Waals surface area contributed by atoms with Crippen LogP contribution in [0.2, 0.25) is 0 Å². The van der Waals surface area contributed by atoms with Crippen molar-refractivity contribution in [1.82, 2.24) is 19.7 Å². The van der Waals surface area contributed by atoms with Gasteiger partial charge in [0.1, 0.15) is 17.3 Å². The van der Waals surface area contributed by atoms with Gasteiger partial charge in [0.2, 0.25) is 12.7 Å². The van der Waals surface area contributed by atoms with Crippen LogP contribution in [0.4, 0.5) is 23.1 Å². The van der Waals surface area contributed by atoms with Gasteiger partial charge in [-0.2, -0.15) is 4.98 Å². The van der Waals surface area contributed by atoms with Gasteiger partial charge in [-0.1, -0.05) is 0 Å². The first-order chi connectivity index (χ1) is 16.1. The fourth-order valence-corrected chi connectivity index (χ4v) is 3.41. The van der Waals surface area contributed by atoms with E-state index in [0.717, 1.165) is 22.7 Å². The molecular weight excluding hydrogens is 424 g/mol. The third-order valence-electron chi connectivity index (χ3n) is 5.05. The molecule has 0 amide bonds. The van der Waals surface area contributed by atoms with E-state index in [1.165, 1.54) is 0 Å². The van der Waals surface area contributed by atoms with Crippen LogP contribution in [0, 0.1) is 0 Å². The molecule has 4 aromatic rings. The van der Waals surface area contributed by atoms with E-state index in [4.69, 9.17) is 18.9 Å². The lowest BCUT2D eigenvalue weighted by molar-refractivity contribution is 0.174. The van der Waals surface area contributed by atoms with Crippen LogP contribution in [-0.2, 0) is 7.05 Å². The zero-order valence-electron chi connectivity index (χ0n) is 18.3. The molecule has 0 aliphatic carbocycles. The molecule has 33 heavy (non-hydrogen) atoms. The Balaban J connectivity index is 1.43. The predicted octanol–water partition coefficient (Wildman–Crippen LogP) is 4.11. The van der Waals surface area contributed by atoms with Gasteiger partial charge in [0.25, 0.3) is 0 Å². The van der Waals surface area contributed by atoms with Gasteiger partial charge in [-0.05, 0) is 24.3 Å². The number of nitrogens with one attached hydrogen (secondary N) is 2. The number of methoxy groups -OCH3 is 2. The number of nitrogens with zero attached hydrogens (tertiary/aromatic N) is 4. The Morgan fingerprint density at radius 2 is 1.70 bits per heavy atom. The summed E-state index contributed by atoms with van der Waals surface area (Å²) in [5, 5.41) is 11.2. The van der Waals surface area contributed by atoms with Crippen LogP contribution in [-0.4, -0.2) is 40.8 Å². The summed E-state index contributed by atoms with van der Waals surface area (Å²) in [6.07, 6.45) is 1.71. The van der Waals surface area contributed by atoms with Crippen molar-refractivity contribution in [2.75, 3.05) is 31.6 Å². The van der Waals surface area contributed by atoms with Crippen molar-refractivity contribution in [3.63, 3.8) is 0 Å². The summed E-state index contributed by atoms with van der Waals surface area (Å²) >= 11 is 0. The molecule has 1 aliphatic heterocycles. The number of hydrogen-bond acceptors (Lipinski definition) is 9. The van der Waals surface area contributed by atoms with Crippen LogP contribution in [0.5, 0.6) is 23.0 Å². The van der Waals surface area contributed by atoms with Crippen LogP contribution >= 0.6 is 0 Å². The van der Waals surface area contributed by atoms with Gasteiger partial charge in [-0.3, -0.25) is 0 Å². The number of hydrogen-bond donors (Lipinski definition) is 2. The second-order valence-electron chi connectivity index (χ2n) is 7.20. The lowest BCUT2D eigenvalue weighted by Crippen LogP contribution is -2.00. The summed E-state index contributed by atoms with van der Waals surface area (Å²) in [6, 6.07) is 14.9. The van der Waals surface area contributed by atoms with E-state index in [2.05, 4.69) is 25.7 Å². The summed E-state index contributed by atoms with van der Waals surface area (Å²) < 4.78 is 23.2. The van der Waals surface area contributed by atoms with Crippen molar-refractivity contribution in [1.29, 1.82) is 0 Å². The maximum atomic E-state index is 5.45. The first-order valence-electron chi connectivity index (χ1n) is 10.2. The van der Waals surface area contributed by atoms with Crippen LogP contribution in [0.15, 0.2) is 54.7 Å². The van der Waals surface area contributed by atoms with E-state index in [1.807, 2.05) is 49.5 Å². The fourth-order valence-electron chi connectivity index (χ4n) is 3.41. The van der Waals surface area contributed by atoms with Crippen molar-refractivity contribution in [2.45, 2.75) is 0 Å². The third kappa shape index (κ3) is 4.18. The molecule has 2 aromatic heterocycles. The number of fused-ring (bicyclic) bond motifs is 1. The summed E-state index contributed by atoms with van der Waals surface area (Å²) in [5.74, 6) is 4.44. The maximum Gasteiger partial charge on any atom is 0.231 e. The number of anilines is 4. The smallest absolute Gasteiger partial charge is 0.231 e. The van der Waals surface area contributed by atoms with Gasteiger partial charge >= 0.3 is 0 Å². The molecule has 2 aromatic carbocycles. The monoisotopic (exact) mass is 446 g/mol. The molecule has 0 spiro atoms. The normalized spacial score (nSPS) is 11.8. The highest BCUT2D eigenvalue weighted by molar-refractivity contribution is 5.76. The molecule has 0 bridgehead atoms. The molecule has 0 saturated carbocycles. The number of aromatic nitrogens is 4. The van der Waals surface area contributed by atoms with E-state index >= 15 is 0 Å². The molecule has 1 aliphatic rings. The number of aryl methyl sites for hydroxylation is 1. The molecule has 10 heteroatoms. The van der Waals surface area contributed by atoms with Crippen LogP contribution in [0.3, 0.4) is 0 Å². The molecule has 0 saturated heterocycles. The second kappa shape index (κ2) is 8.58. The Bertz CT molecular complexity index is 1280. The average Bonchev–Trinajstić information content (AvgIpc) is 3.45. The van der Waals surface area contributed by atoms with Crippen molar-refractivity contribution in [2.24, 2.45) is 7.05 Å². The maximum absolute atomic E-state index is 5.45. The summed E-state index contributed by atoms with van der Waals surface area (Å²) in [5.41, 5.74) is 2.32. The molecule has 0 fully saturated rings. The van der Waals surface area contributed by atoms with Crippen LogP contribution < -0.4 is 29.6 Å². The number of rotatable bonds is 7. The quantitative estimate of drug-likeness (QED) is 0.434. The topological polar surface area (TPSA) is 105 Å².